The van der Waals surface area contributed by atoms with Crippen LogP contribution in [0.25, 0.3) is 0 Å². The zero-order valence-electron chi connectivity index (χ0n) is 9.43. The molecule has 0 bridgehead atoms. The Bertz CT molecular complexity index is 132. The molecule has 0 aromatic heterocycles. The molecule has 2 heteroatoms. The SMILES string of the molecule is C=CC(C)NCC(CC)NC(C)C. The Labute approximate surface area is 82.8 Å². The summed E-state index contributed by atoms with van der Waals surface area (Å²) in [5.41, 5.74) is 0. The average Bonchev–Trinajstić information content (AvgIpc) is 2.10. The van der Waals surface area contributed by atoms with Crippen LogP contribution in [0.2, 0.25) is 0 Å². The molecule has 0 saturated carbocycles. The molecular weight excluding hydrogens is 160 g/mol. The molecule has 0 aliphatic rings. The van der Waals surface area contributed by atoms with Crippen LogP contribution in [0.3, 0.4) is 0 Å². The highest BCUT2D eigenvalue weighted by molar-refractivity contribution is 4.83. The standard InChI is InChI=1S/C11H24N2/c1-6-10(5)12-8-11(7-2)13-9(3)4/h6,9-13H,1,7-8H2,2-5H3. The van der Waals surface area contributed by atoms with E-state index in [-0.39, 0.29) is 0 Å². The first-order valence-electron chi connectivity index (χ1n) is 5.22. The second-order valence-electron chi connectivity index (χ2n) is 3.86. The summed E-state index contributed by atoms with van der Waals surface area (Å²) < 4.78 is 0. The largest absolute Gasteiger partial charge is 0.311 e. The quantitative estimate of drug-likeness (QED) is 0.591. The maximum atomic E-state index is 3.74. The van der Waals surface area contributed by atoms with Gasteiger partial charge in [-0.3, -0.25) is 0 Å². The van der Waals surface area contributed by atoms with Crippen molar-refractivity contribution in [1.29, 1.82) is 0 Å². The maximum absolute atomic E-state index is 3.74. The topological polar surface area (TPSA) is 24.1 Å². The fourth-order valence-corrected chi connectivity index (χ4v) is 1.20. The first kappa shape index (κ1) is 12.7. The van der Waals surface area contributed by atoms with E-state index in [9.17, 15) is 0 Å². The normalized spacial score (nSPS) is 15.8. The molecule has 2 atom stereocenters. The van der Waals surface area contributed by atoms with Gasteiger partial charge >= 0.3 is 0 Å². The molecule has 0 aliphatic heterocycles. The summed E-state index contributed by atoms with van der Waals surface area (Å²) in [5, 5.41) is 6.92. The third kappa shape index (κ3) is 6.79. The molecule has 0 saturated heterocycles. The average molecular weight is 184 g/mol. The van der Waals surface area contributed by atoms with E-state index in [2.05, 4.69) is 44.9 Å². The fourth-order valence-electron chi connectivity index (χ4n) is 1.20. The van der Waals surface area contributed by atoms with Gasteiger partial charge < -0.3 is 10.6 Å². The monoisotopic (exact) mass is 184 g/mol. The van der Waals surface area contributed by atoms with Gasteiger partial charge in [-0.05, 0) is 13.3 Å². The van der Waals surface area contributed by atoms with E-state index in [0.717, 1.165) is 13.0 Å². The fraction of sp³-hybridized carbons (Fsp3) is 0.818. The van der Waals surface area contributed by atoms with E-state index in [4.69, 9.17) is 0 Å². The maximum Gasteiger partial charge on any atom is 0.0219 e. The van der Waals surface area contributed by atoms with Crippen molar-refractivity contribution in [3.8, 4) is 0 Å². The molecule has 2 N–H and O–H groups in total. The zero-order chi connectivity index (χ0) is 10.3. The first-order valence-corrected chi connectivity index (χ1v) is 5.22. The highest BCUT2D eigenvalue weighted by atomic mass is 15.0. The van der Waals surface area contributed by atoms with Crippen molar-refractivity contribution in [1.82, 2.24) is 10.6 Å². The van der Waals surface area contributed by atoms with E-state index in [0.29, 0.717) is 18.1 Å². The molecule has 0 amide bonds. The molecule has 0 radical (unpaired) electrons. The van der Waals surface area contributed by atoms with Crippen LogP contribution in [-0.4, -0.2) is 24.7 Å². The van der Waals surface area contributed by atoms with Crippen molar-refractivity contribution >= 4 is 0 Å². The van der Waals surface area contributed by atoms with Crippen LogP contribution < -0.4 is 10.6 Å². The Morgan fingerprint density at radius 3 is 2.31 bits per heavy atom. The highest BCUT2D eigenvalue weighted by Gasteiger charge is 2.07. The molecule has 0 heterocycles. The van der Waals surface area contributed by atoms with Crippen LogP contribution in [0, 0.1) is 0 Å². The third-order valence-corrected chi connectivity index (χ3v) is 2.10. The third-order valence-electron chi connectivity index (χ3n) is 2.10. The lowest BCUT2D eigenvalue weighted by molar-refractivity contribution is 0.419. The predicted molar refractivity (Wildman–Crippen MR) is 60.0 cm³/mol. The highest BCUT2D eigenvalue weighted by Crippen LogP contribution is 1.93. The Kier molecular flexibility index (Phi) is 6.92. The summed E-state index contributed by atoms with van der Waals surface area (Å²) >= 11 is 0. The van der Waals surface area contributed by atoms with Gasteiger partial charge in [0.2, 0.25) is 0 Å². The summed E-state index contributed by atoms with van der Waals surface area (Å²) in [4.78, 5) is 0. The van der Waals surface area contributed by atoms with Crippen molar-refractivity contribution in [2.75, 3.05) is 6.54 Å². The van der Waals surface area contributed by atoms with Crippen molar-refractivity contribution in [2.24, 2.45) is 0 Å². The lowest BCUT2D eigenvalue weighted by Crippen LogP contribution is -2.43. The van der Waals surface area contributed by atoms with Crippen LogP contribution in [0.5, 0.6) is 0 Å². The summed E-state index contributed by atoms with van der Waals surface area (Å²) in [7, 11) is 0. The molecule has 2 unspecified atom stereocenters. The van der Waals surface area contributed by atoms with E-state index in [1.165, 1.54) is 0 Å². The van der Waals surface area contributed by atoms with Crippen molar-refractivity contribution in [3.05, 3.63) is 12.7 Å². The Balaban J connectivity index is 3.64. The van der Waals surface area contributed by atoms with Crippen LogP contribution in [-0.2, 0) is 0 Å². The van der Waals surface area contributed by atoms with Crippen LogP contribution in [0.1, 0.15) is 34.1 Å². The van der Waals surface area contributed by atoms with Gasteiger partial charge in [0.25, 0.3) is 0 Å². The first-order chi connectivity index (χ1) is 6.10. The predicted octanol–water partition coefficient (Wildman–Crippen LogP) is 1.93. The van der Waals surface area contributed by atoms with E-state index < -0.39 is 0 Å². The van der Waals surface area contributed by atoms with Gasteiger partial charge in [-0.25, -0.2) is 0 Å². The smallest absolute Gasteiger partial charge is 0.0219 e. The minimum Gasteiger partial charge on any atom is -0.311 e. The van der Waals surface area contributed by atoms with Gasteiger partial charge in [0.05, 0.1) is 0 Å². The molecule has 78 valence electrons. The van der Waals surface area contributed by atoms with Gasteiger partial charge in [-0.15, -0.1) is 6.58 Å². The van der Waals surface area contributed by atoms with Gasteiger partial charge in [0.1, 0.15) is 0 Å². The summed E-state index contributed by atoms with van der Waals surface area (Å²) in [6.07, 6.45) is 3.09. The molecule has 0 aromatic carbocycles. The van der Waals surface area contributed by atoms with Gasteiger partial charge in [0, 0.05) is 24.7 Å². The molecule has 0 aromatic rings. The van der Waals surface area contributed by atoms with Crippen LogP contribution in [0.4, 0.5) is 0 Å². The second-order valence-corrected chi connectivity index (χ2v) is 3.86. The summed E-state index contributed by atoms with van der Waals surface area (Å²) in [5.74, 6) is 0. The van der Waals surface area contributed by atoms with E-state index in [1.54, 1.807) is 0 Å². The molecule has 0 rings (SSSR count). The molecule has 13 heavy (non-hydrogen) atoms. The molecular formula is C11H24N2. The second kappa shape index (κ2) is 7.10. The lowest BCUT2D eigenvalue weighted by atomic mass is 10.2. The Morgan fingerprint density at radius 1 is 1.31 bits per heavy atom. The molecule has 2 nitrogen and oxygen atoms in total. The van der Waals surface area contributed by atoms with Gasteiger partial charge in [-0.1, -0.05) is 26.8 Å². The van der Waals surface area contributed by atoms with Crippen molar-refractivity contribution < 1.29 is 0 Å². The number of hydrogen-bond donors (Lipinski definition) is 2. The summed E-state index contributed by atoms with van der Waals surface area (Å²) in [6.45, 7) is 13.4. The Morgan fingerprint density at radius 2 is 1.92 bits per heavy atom. The van der Waals surface area contributed by atoms with E-state index in [1.807, 2.05) is 6.08 Å². The van der Waals surface area contributed by atoms with E-state index >= 15 is 0 Å². The minimum atomic E-state index is 0.406. The van der Waals surface area contributed by atoms with Crippen LogP contribution in [0.15, 0.2) is 12.7 Å². The Hall–Kier alpha value is -0.340. The summed E-state index contributed by atoms with van der Waals surface area (Å²) in [6, 6.07) is 1.54. The van der Waals surface area contributed by atoms with Crippen molar-refractivity contribution in [2.45, 2.75) is 52.2 Å². The number of rotatable bonds is 7. The minimum absolute atomic E-state index is 0.406. The van der Waals surface area contributed by atoms with Gasteiger partial charge in [0.15, 0.2) is 0 Å². The van der Waals surface area contributed by atoms with Crippen LogP contribution >= 0.6 is 0 Å². The van der Waals surface area contributed by atoms with Crippen molar-refractivity contribution in [3.63, 3.8) is 0 Å². The molecule has 0 fully saturated rings. The molecule has 0 spiro atoms. The number of hydrogen-bond acceptors (Lipinski definition) is 2. The molecule has 0 aliphatic carbocycles. The van der Waals surface area contributed by atoms with Gasteiger partial charge in [-0.2, -0.15) is 0 Å². The number of nitrogens with one attached hydrogen (secondary N) is 2. The zero-order valence-corrected chi connectivity index (χ0v) is 9.43. The lowest BCUT2D eigenvalue weighted by Gasteiger charge is -2.21.